The number of thioether (sulfide) groups is 2. The molecule has 5 heteroatoms. The van der Waals surface area contributed by atoms with E-state index in [1.165, 1.54) is 23.5 Å². The van der Waals surface area contributed by atoms with Gasteiger partial charge in [0.15, 0.2) is 0 Å². The maximum atomic E-state index is 6.39. The first-order chi connectivity index (χ1) is 11.7. The van der Waals surface area contributed by atoms with Crippen LogP contribution < -0.4 is 4.74 Å². The predicted molar refractivity (Wildman–Crippen MR) is 111 cm³/mol. The van der Waals surface area contributed by atoms with Gasteiger partial charge in [0.25, 0.3) is 0 Å². The topological polar surface area (TPSA) is 9.23 Å². The summed E-state index contributed by atoms with van der Waals surface area (Å²) in [7, 11) is 1.70. The number of thiophene rings is 1. The van der Waals surface area contributed by atoms with E-state index >= 15 is 0 Å². The largest absolute Gasteiger partial charge is 0.497 e. The normalized spacial score (nSPS) is 18.0. The smallest absolute Gasteiger partial charge is 0.118 e. The third kappa shape index (κ3) is 4.23. The highest BCUT2D eigenvalue weighted by Crippen LogP contribution is 2.51. The summed E-state index contributed by atoms with van der Waals surface area (Å²) in [6.45, 7) is 0. The van der Waals surface area contributed by atoms with Gasteiger partial charge in [0.2, 0.25) is 0 Å². The molecular weight excluding hydrogens is 376 g/mol. The van der Waals surface area contributed by atoms with Gasteiger partial charge in [-0.1, -0.05) is 42.0 Å². The van der Waals surface area contributed by atoms with Gasteiger partial charge < -0.3 is 4.74 Å². The maximum absolute atomic E-state index is 6.39. The quantitative estimate of drug-likeness (QED) is 0.527. The molecule has 1 aromatic heterocycles. The van der Waals surface area contributed by atoms with Crippen LogP contribution in [0.25, 0.3) is 5.03 Å². The molecule has 0 aliphatic carbocycles. The van der Waals surface area contributed by atoms with Gasteiger partial charge in [0.05, 0.1) is 12.1 Å². The molecule has 0 atom stereocenters. The summed E-state index contributed by atoms with van der Waals surface area (Å²) >= 11 is 12.0. The van der Waals surface area contributed by atoms with Gasteiger partial charge in [0, 0.05) is 4.88 Å². The van der Waals surface area contributed by atoms with Crippen LogP contribution >= 0.6 is 46.5 Å². The van der Waals surface area contributed by atoms with Gasteiger partial charge in [-0.15, -0.1) is 34.9 Å². The van der Waals surface area contributed by atoms with E-state index in [-0.39, 0.29) is 4.08 Å². The van der Waals surface area contributed by atoms with Crippen LogP contribution in [0.4, 0.5) is 0 Å². The van der Waals surface area contributed by atoms with Crippen molar-refractivity contribution in [1.29, 1.82) is 0 Å². The molecule has 126 valence electrons. The Hall–Kier alpha value is -0.810. The number of halogens is 1. The molecule has 1 nitrogen and oxygen atoms in total. The summed E-state index contributed by atoms with van der Waals surface area (Å²) in [6.07, 6.45) is 7.62. The van der Waals surface area contributed by atoms with Crippen LogP contribution in [0.3, 0.4) is 0 Å². The van der Waals surface area contributed by atoms with Crippen molar-refractivity contribution in [2.75, 3.05) is 18.6 Å². The van der Waals surface area contributed by atoms with Crippen molar-refractivity contribution in [3.63, 3.8) is 0 Å². The van der Waals surface area contributed by atoms with Gasteiger partial charge in [-0.05, 0) is 53.1 Å². The second-order valence-corrected chi connectivity index (χ2v) is 9.59. The Balaban J connectivity index is 1.85. The third-order valence-corrected chi connectivity index (χ3v) is 8.37. The number of hydrogen-bond acceptors (Lipinski definition) is 4. The second-order valence-electron chi connectivity index (χ2n) is 5.30. The zero-order chi connectivity index (χ0) is 16.8. The minimum Gasteiger partial charge on any atom is -0.497 e. The first-order valence-corrected chi connectivity index (χ1v) is 11.0. The Morgan fingerprint density at radius 1 is 1.17 bits per heavy atom. The number of allylic oxidation sites excluding steroid dienone is 2. The molecular formula is C19H19ClOS3. The van der Waals surface area contributed by atoms with Crippen LogP contribution in [0.5, 0.6) is 5.75 Å². The zero-order valence-electron chi connectivity index (χ0n) is 13.4. The van der Waals surface area contributed by atoms with E-state index in [2.05, 4.69) is 24.3 Å². The highest BCUT2D eigenvalue weighted by Gasteiger charge is 2.32. The molecule has 0 unspecified atom stereocenters. The molecule has 0 spiro atoms. The molecule has 1 aliphatic heterocycles. The van der Waals surface area contributed by atoms with Crippen LogP contribution in [0.15, 0.2) is 60.0 Å². The van der Waals surface area contributed by atoms with Crippen LogP contribution in [0.2, 0.25) is 0 Å². The maximum Gasteiger partial charge on any atom is 0.118 e. The van der Waals surface area contributed by atoms with Crippen molar-refractivity contribution in [3.8, 4) is 5.75 Å². The molecule has 24 heavy (non-hydrogen) atoms. The number of benzene rings is 1. The molecule has 1 aliphatic rings. The van der Waals surface area contributed by atoms with Gasteiger partial charge in [-0.25, -0.2) is 0 Å². The number of rotatable bonds is 5. The molecule has 0 saturated carbocycles. The summed E-state index contributed by atoms with van der Waals surface area (Å²) in [6, 6.07) is 12.5. The van der Waals surface area contributed by atoms with E-state index in [4.69, 9.17) is 16.3 Å². The molecule has 1 fully saturated rings. The van der Waals surface area contributed by atoms with Crippen molar-refractivity contribution in [2.45, 2.75) is 10.5 Å². The summed E-state index contributed by atoms with van der Waals surface area (Å²) < 4.78 is 5.24. The van der Waals surface area contributed by atoms with Crippen LogP contribution in [0.1, 0.15) is 16.9 Å². The van der Waals surface area contributed by atoms with E-state index in [0.29, 0.717) is 0 Å². The fourth-order valence-corrected chi connectivity index (χ4v) is 6.55. The summed E-state index contributed by atoms with van der Waals surface area (Å²) in [5.74, 6) is 3.24. The SMILES string of the molecule is COc1ccc(C2(/C=C/C=C(\Cl)c3cccs3)SCCCS2)cc1. The molecule has 1 aromatic carbocycles. The molecule has 1 saturated heterocycles. The van der Waals surface area contributed by atoms with Crippen molar-refractivity contribution in [3.05, 3.63) is 70.4 Å². The highest BCUT2D eigenvalue weighted by molar-refractivity contribution is 8.18. The Labute approximate surface area is 161 Å². The predicted octanol–water partition coefficient (Wildman–Crippen LogP) is 6.62. The van der Waals surface area contributed by atoms with E-state index in [9.17, 15) is 0 Å². The minimum atomic E-state index is -0.0480. The fourth-order valence-electron chi connectivity index (χ4n) is 2.49. The summed E-state index contributed by atoms with van der Waals surface area (Å²) in [5, 5.41) is 2.83. The molecule has 2 heterocycles. The molecule has 0 amide bonds. The van der Waals surface area contributed by atoms with E-state index in [1.54, 1.807) is 18.4 Å². The Morgan fingerprint density at radius 3 is 2.54 bits per heavy atom. The Kier molecular flexibility index (Phi) is 6.39. The fraction of sp³-hybridized carbons (Fsp3) is 0.263. The second kappa shape index (κ2) is 8.52. The van der Waals surface area contributed by atoms with E-state index in [1.807, 2.05) is 59.2 Å². The molecule has 2 aromatic rings. The summed E-state index contributed by atoms with van der Waals surface area (Å²) in [5.41, 5.74) is 1.30. The highest BCUT2D eigenvalue weighted by atomic mass is 35.5. The van der Waals surface area contributed by atoms with Crippen molar-refractivity contribution >= 4 is 51.5 Å². The van der Waals surface area contributed by atoms with Crippen molar-refractivity contribution in [1.82, 2.24) is 0 Å². The Bertz CT molecular complexity index is 699. The lowest BCUT2D eigenvalue weighted by atomic mass is 10.1. The van der Waals surface area contributed by atoms with Crippen LogP contribution in [-0.2, 0) is 4.08 Å². The average Bonchev–Trinajstić information content (AvgIpc) is 3.17. The van der Waals surface area contributed by atoms with Crippen molar-refractivity contribution in [2.24, 2.45) is 0 Å². The molecule has 3 rings (SSSR count). The number of ether oxygens (including phenoxy) is 1. The number of hydrogen-bond donors (Lipinski definition) is 0. The van der Waals surface area contributed by atoms with Gasteiger partial charge in [0.1, 0.15) is 9.83 Å². The lowest BCUT2D eigenvalue weighted by Gasteiger charge is -2.34. The standard InChI is InChI=1S/C19H19ClOS3/c1-21-16-9-7-15(8-10-16)19(23-13-4-14-24-19)11-2-5-17(20)18-6-3-12-22-18/h2-3,5-12H,4,13-14H2,1H3/b11-2+,17-5-. The third-order valence-electron chi connectivity index (χ3n) is 3.73. The van der Waals surface area contributed by atoms with Crippen molar-refractivity contribution < 1.29 is 4.74 Å². The first kappa shape index (κ1) is 18.0. The minimum absolute atomic E-state index is 0.0480. The molecule has 0 radical (unpaired) electrons. The Morgan fingerprint density at radius 2 is 1.92 bits per heavy atom. The van der Waals surface area contributed by atoms with Gasteiger partial charge >= 0.3 is 0 Å². The summed E-state index contributed by atoms with van der Waals surface area (Å²) in [4.78, 5) is 1.10. The monoisotopic (exact) mass is 394 g/mol. The van der Waals surface area contributed by atoms with Gasteiger partial charge in [-0.3, -0.25) is 0 Å². The van der Waals surface area contributed by atoms with Crippen LogP contribution in [0, 0.1) is 0 Å². The molecule has 0 N–H and O–H groups in total. The van der Waals surface area contributed by atoms with E-state index in [0.717, 1.165) is 15.7 Å². The van der Waals surface area contributed by atoms with Crippen LogP contribution in [-0.4, -0.2) is 18.6 Å². The zero-order valence-corrected chi connectivity index (χ0v) is 16.6. The number of methoxy groups -OCH3 is 1. The lowest BCUT2D eigenvalue weighted by Crippen LogP contribution is -2.20. The van der Waals surface area contributed by atoms with E-state index < -0.39 is 0 Å². The first-order valence-electron chi connectivity index (χ1n) is 7.75. The lowest BCUT2D eigenvalue weighted by molar-refractivity contribution is 0.414. The van der Waals surface area contributed by atoms with Gasteiger partial charge in [-0.2, -0.15) is 0 Å². The molecule has 0 bridgehead atoms. The average molecular weight is 395 g/mol.